The molecule has 2 N–H and O–H groups in total. The van der Waals surface area contributed by atoms with E-state index in [2.05, 4.69) is 15.5 Å². The number of sulfonamides is 1. The van der Waals surface area contributed by atoms with Crippen molar-refractivity contribution in [3.8, 4) is 0 Å². The van der Waals surface area contributed by atoms with Gasteiger partial charge in [-0.3, -0.25) is 14.5 Å². The Hall–Kier alpha value is -2.69. The molecular formula is C21H30N4O5S. The van der Waals surface area contributed by atoms with Gasteiger partial charge in [-0.25, -0.2) is 8.42 Å². The molecule has 9 nitrogen and oxygen atoms in total. The van der Waals surface area contributed by atoms with E-state index in [4.69, 9.17) is 4.42 Å². The highest BCUT2D eigenvalue weighted by Gasteiger charge is 2.25. The summed E-state index contributed by atoms with van der Waals surface area (Å²) in [6, 6.07) is 9.30. The smallest absolute Gasteiger partial charge is 0.243 e. The first-order chi connectivity index (χ1) is 14.7. The molecule has 2 aromatic rings. The molecular weight excluding hydrogens is 420 g/mol. The van der Waals surface area contributed by atoms with Crippen LogP contribution in [-0.4, -0.2) is 62.7 Å². The summed E-state index contributed by atoms with van der Waals surface area (Å²) in [4.78, 5) is 25.7. The van der Waals surface area contributed by atoms with Gasteiger partial charge in [0.15, 0.2) is 0 Å². The summed E-state index contributed by atoms with van der Waals surface area (Å²) in [5.41, 5.74) is 0.493. The number of carbonyl (C=O) groups excluding carboxylic acids is 2. The van der Waals surface area contributed by atoms with Crippen LogP contribution in [0, 0.1) is 0 Å². The number of furan rings is 1. The molecule has 0 spiro atoms. The van der Waals surface area contributed by atoms with Gasteiger partial charge in [-0.05, 0) is 49.5 Å². The Kier molecular flexibility index (Phi) is 8.78. The fourth-order valence-corrected chi connectivity index (χ4v) is 4.33. The number of nitrogens with one attached hydrogen (secondary N) is 2. The van der Waals surface area contributed by atoms with E-state index in [1.165, 1.54) is 38.2 Å². The van der Waals surface area contributed by atoms with Gasteiger partial charge in [-0.2, -0.15) is 4.31 Å². The molecule has 1 heterocycles. The lowest BCUT2D eigenvalue weighted by Crippen LogP contribution is -2.42. The molecule has 0 saturated heterocycles. The molecule has 1 aromatic carbocycles. The minimum absolute atomic E-state index is 0.0357. The summed E-state index contributed by atoms with van der Waals surface area (Å²) < 4.78 is 32.0. The summed E-state index contributed by atoms with van der Waals surface area (Å²) in [5.74, 6) is 0.0795. The van der Waals surface area contributed by atoms with Gasteiger partial charge < -0.3 is 15.1 Å². The topological polar surface area (TPSA) is 112 Å². The summed E-state index contributed by atoms with van der Waals surface area (Å²) in [5, 5.41) is 5.39. The first-order valence-corrected chi connectivity index (χ1v) is 11.5. The number of amides is 2. The van der Waals surface area contributed by atoms with Crippen molar-refractivity contribution in [2.24, 2.45) is 0 Å². The van der Waals surface area contributed by atoms with Gasteiger partial charge in [-0.15, -0.1) is 0 Å². The van der Waals surface area contributed by atoms with Gasteiger partial charge in [0, 0.05) is 26.2 Å². The molecule has 10 heteroatoms. The van der Waals surface area contributed by atoms with E-state index < -0.39 is 15.9 Å². The van der Waals surface area contributed by atoms with Crippen LogP contribution in [0.5, 0.6) is 0 Å². The van der Waals surface area contributed by atoms with Gasteiger partial charge in [0.1, 0.15) is 5.76 Å². The molecule has 1 atom stereocenters. The van der Waals surface area contributed by atoms with Crippen LogP contribution in [0.3, 0.4) is 0 Å². The lowest BCUT2D eigenvalue weighted by Gasteiger charge is -2.28. The van der Waals surface area contributed by atoms with Crippen molar-refractivity contribution in [3.63, 3.8) is 0 Å². The molecule has 0 fully saturated rings. The predicted molar refractivity (Wildman–Crippen MR) is 118 cm³/mol. The zero-order valence-electron chi connectivity index (χ0n) is 18.3. The largest absolute Gasteiger partial charge is 0.468 e. The van der Waals surface area contributed by atoms with Crippen LogP contribution in [0.15, 0.2) is 52.0 Å². The number of nitrogens with zero attached hydrogens (tertiary/aromatic N) is 2. The second-order valence-corrected chi connectivity index (χ2v) is 9.07. The molecule has 0 aliphatic carbocycles. The predicted octanol–water partition coefficient (Wildman–Crippen LogP) is 2.06. The standard InChI is InChI=1S/C21H30N4O5S/c1-5-25(6-2)19(20-8-7-13-30-20)14-22-21(27)15-24(4)31(28,29)18-11-9-17(10-12-18)23-16(3)26/h7-13,19H,5-6,14-15H2,1-4H3,(H,22,27)(H,23,26). The van der Waals surface area contributed by atoms with Crippen molar-refractivity contribution in [3.05, 3.63) is 48.4 Å². The molecule has 1 unspecified atom stereocenters. The lowest BCUT2D eigenvalue weighted by molar-refractivity contribution is -0.121. The SMILES string of the molecule is CCN(CC)C(CNC(=O)CN(C)S(=O)(=O)c1ccc(NC(C)=O)cc1)c1ccco1. The number of rotatable bonds is 11. The molecule has 0 aliphatic rings. The summed E-state index contributed by atoms with van der Waals surface area (Å²) in [6.07, 6.45) is 1.59. The Morgan fingerprint density at radius 1 is 1.10 bits per heavy atom. The van der Waals surface area contributed by atoms with Crippen molar-refractivity contribution >= 4 is 27.5 Å². The quantitative estimate of drug-likeness (QED) is 0.542. The van der Waals surface area contributed by atoms with E-state index in [1.807, 2.05) is 19.9 Å². The molecule has 1 aromatic heterocycles. The Morgan fingerprint density at radius 2 is 1.74 bits per heavy atom. The van der Waals surface area contributed by atoms with Crippen molar-refractivity contribution in [2.45, 2.75) is 31.7 Å². The third-order valence-corrected chi connectivity index (χ3v) is 6.68. The van der Waals surface area contributed by atoms with E-state index in [0.29, 0.717) is 12.2 Å². The fourth-order valence-electron chi connectivity index (χ4n) is 3.20. The summed E-state index contributed by atoms with van der Waals surface area (Å²) in [7, 11) is -2.50. The maximum absolute atomic E-state index is 12.8. The minimum Gasteiger partial charge on any atom is -0.468 e. The van der Waals surface area contributed by atoms with Crippen molar-refractivity contribution in [1.82, 2.24) is 14.5 Å². The average Bonchev–Trinajstić information content (AvgIpc) is 3.25. The van der Waals surface area contributed by atoms with Crippen LogP contribution >= 0.6 is 0 Å². The zero-order valence-corrected chi connectivity index (χ0v) is 19.1. The molecule has 2 amide bonds. The first kappa shape index (κ1) is 24.6. The number of likely N-dealkylation sites (N-methyl/N-ethyl adjacent to an activating group) is 2. The van der Waals surface area contributed by atoms with E-state index in [9.17, 15) is 18.0 Å². The number of benzene rings is 1. The Morgan fingerprint density at radius 3 is 2.26 bits per heavy atom. The van der Waals surface area contributed by atoms with Gasteiger partial charge in [0.25, 0.3) is 0 Å². The number of hydrogen-bond donors (Lipinski definition) is 2. The second kappa shape index (κ2) is 11.1. The van der Waals surface area contributed by atoms with Gasteiger partial charge >= 0.3 is 0 Å². The van der Waals surface area contributed by atoms with Crippen molar-refractivity contribution in [1.29, 1.82) is 0 Å². The Balaban J connectivity index is 2.01. The van der Waals surface area contributed by atoms with Crippen molar-refractivity contribution < 1.29 is 22.4 Å². The highest BCUT2D eigenvalue weighted by atomic mass is 32.2. The van der Waals surface area contributed by atoms with Gasteiger partial charge in [-0.1, -0.05) is 13.8 Å². The van der Waals surface area contributed by atoms with E-state index in [0.717, 1.165) is 23.2 Å². The minimum atomic E-state index is -3.86. The summed E-state index contributed by atoms with van der Waals surface area (Å²) in [6.45, 7) is 6.96. The Labute approximate surface area is 183 Å². The van der Waals surface area contributed by atoms with Gasteiger partial charge in [0.05, 0.1) is 23.7 Å². The lowest BCUT2D eigenvalue weighted by atomic mass is 10.2. The third kappa shape index (κ3) is 6.65. The van der Waals surface area contributed by atoms with Crippen LogP contribution in [0.2, 0.25) is 0 Å². The molecule has 170 valence electrons. The van der Waals surface area contributed by atoms with Crippen molar-refractivity contribution in [2.75, 3.05) is 38.5 Å². The fraction of sp³-hybridized carbons (Fsp3) is 0.429. The first-order valence-electron chi connectivity index (χ1n) is 10.1. The van der Waals surface area contributed by atoms with E-state index in [1.54, 1.807) is 12.3 Å². The highest BCUT2D eigenvalue weighted by Crippen LogP contribution is 2.20. The van der Waals surface area contributed by atoms with Crippen LogP contribution < -0.4 is 10.6 Å². The van der Waals surface area contributed by atoms with E-state index >= 15 is 0 Å². The zero-order chi connectivity index (χ0) is 23.0. The molecule has 0 radical (unpaired) electrons. The molecule has 0 aliphatic heterocycles. The molecule has 0 bridgehead atoms. The van der Waals surface area contributed by atoms with Crippen LogP contribution in [-0.2, 0) is 19.6 Å². The number of carbonyl (C=O) groups is 2. The van der Waals surface area contributed by atoms with Gasteiger partial charge in [0.2, 0.25) is 21.8 Å². The average molecular weight is 451 g/mol. The maximum atomic E-state index is 12.8. The molecule has 31 heavy (non-hydrogen) atoms. The third-order valence-electron chi connectivity index (χ3n) is 4.87. The number of anilines is 1. The van der Waals surface area contributed by atoms with Crippen LogP contribution in [0.4, 0.5) is 5.69 Å². The highest BCUT2D eigenvalue weighted by molar-refractivity contribution is 7.89. The molecule has 0 saturated carbocycles. The molecule has 2 rings (SSSR count). The summed E-state index contributed by atoms with van der Waals surface area (Å²) >= 11 is 0. The second-order valence-electron chi connectivity index (χ2n) is 7.02. The van der Waals surface area contributed by atoms with E-state index in [-0.39, 0.29) is 23.4 Å². The van der Waals surface area contributed by atoms with Crippen LogP contribution in [0.25, 0.3) is 0 Å². The Bertz CT molecular complexity index is 954. The number of hydrogen-bond acceptors (Lipinski definition) is 6. The maximum Gasteiger partial charge on any atom is 0.243 e. The van der Waals surface area contributed by atoms with Crippen LogP contribution in [0.1, 0.15) is 32.6 Å². The monoisotopic (exact) mass is 450 g/mol. The normalized spacial score (nSPS) is 12.7.